The molecule has 1 atom stereocenters. The Morgan fingerprint density at radius 1 is 1.25 bits per heavy atom. The van der Waals surface area contributed by atoms with E-state index in [4.69, 9.17) is 10.7 Å². The van der Waals surface area contributed by atoms with E-state index in [1.54, 1.807) is 0 Å². The standard InChI is InChI=1S/C13H19N3/c14-11-4-2-8-16(9-11)13-7-6-10-3-1-5-12(10)15-13/h6-7,11H,1-5,8-9,14H2. The second-order valence-electron chi connectivity index (χ2n) is 4.98. The van der Waals surface area contributed by atoms with Crippen molar-refractivity contribution in [2.24, 2.45) is 5.73 Å². The van der Waals surface area contributed by atoms with Gasteiger partial charge in [0.2, 0.25) is 0 Å². The lowest BCUT2D eigenvalue weighted by atomic mass is 10.1. The number of anilines is 1. The molecule has 1 saturated heterocycles. The first-order valence-electron chi connectivity index (χ1n) is 6.32. The smallest absolute Gasteiger partial charge is 0.128 e. The molecule has 1 aromatic heterocycles. The SMILES string of the molecule is NC1CCCN(c2ccc3c(n2)CCC3)C1. The summed E-state index contributed by atoms with van der Waals surface area (Å²) >= 11 is 0. The Hall–Kier alpha value is -1.09. The van der Waals surface area contributed by atoms with Gasteiger partial charge < -0.3 is 10.6 Å². The van der Waals surface area contributed by atoms with E-state index < -0.39 is 0 Å². The molecule has 0 aromatic carbocycles. The number of hydrogen-bond donors (Lipinski definition) is 1. The number of pyridine rings is 1. The van der Waals surface area contributed by atoms with Gasteiger partial charge in [-0.2, -0.15) is 0 Å². The van der Waals surface area contributed by atoms with E-state index in [9.17, 15) is 0 Å². The predicted molar refractivity (Wildman–Crippen MR) is 65.7 cm³/mol. The number of rotatable bonds is 1. The maximum Gasteiger partial charge on any atom is 0.128 e. The summed E-state index contributed by atoms with van der Waals surface area (Å²) in [6.45, 7) is 2.07. The van der Waals surface area contributed by atoms with Crippen LogP contribution in [0.3, 0.4) is 0 Å². The summed E-state index contributed by atoms with van der Waals surface area (Å²) in [6.07, 6.45) is 5.98. The van der Waals surface area contributed by atoms with Gasteiger partial charge in [-0.1, -0.05) is 6.07 Å². The molecule has 1 aliphatic heterocycles. The molecule has 1 unspecified atom stereocenters. The Bertz CT molecular complexity index is 389. The lowest BCUT2D eigenvalue weighted by Crippen LogP contribution is -2.43. The van der Waals surface area contributed by atoms with Gasteiger partial charge >= 0.3 is 0 Å². The summed E-state index contributed by atoms with van der Waals surface area (Å²) in [6, 6.07) is 4.75. The monoisotopic (exact) mass is 217 g/mol. The molecule has 0 radical (unpaired) electrons. The van der Waals surface area contributed by atoms with Gasteiger partial charge in [-0.3, -0.25) is 0 Å². The van der Waals surface area contributed by atoms with Gasteiger partial charge in [0.05, 0.1) is 0 Å². The third-order valence-electron chi connectivity index (χ3n) is 3.70. The van der Waals surface area contributed by atoms with Crippen molar-refractivity contribution < 1.29 is 0 Å². The molecule has 1 fully saturated rings. The molecule has 2 N–H and O–H groups in total. The lowest BCUT2D eigenvalue weighted by molar-refractivity contribution is 0.503. The number of fused-ring (bicyclic) bond motifs is 1. The number of piperidine rings is 1. The van der Waals surface area contributed by atoms with E-state index in [2.05, 4.69) is 17.0 Å². The van der Waals surface area contributed by atoms with Crippen LogP contribution >= 0.6 is 0 Å². The molecule has 16 heavy (non-hydrogen) atoms. The van der Waals surface area contributed by atoms with Gasteiger partial charge in [-0.15, -0.1) is 0 Å². The van der Waals surface area contributed by atoms with Crippen LogP contribution in [0.15, 0.2) is 12.1 Å². The van der Waals surface area contributed by atoms with Gasteiger partial charge in [0, 0.05) is 24.8 Å². The summed E-state index contributed by atoms with van der Waals surface area (Å²) in [4.78, 5) is 7.12. The van der Waals surface area contributed by atoms with Crippen LogP contribution in [0, 0.1) is 0 Å². The first kappa shape index (κ1) is 10.1. The van der Waals surface area contributed by atoms with Crippen molar-refractivity contribution in [3.05, 3.63) is 23.4 Å². The minimum Gasteiger partial charge on any atom is -0.355 e. The highest BCUT2D eigenvalue weighted by molar-refractivity contribution is 5.43. The van der Waals surface area contributed by atoms with Gasteiger partial charge in [-0.25, -0.2) is 4.98 Å². The summed E-state index contributed by atoms with van der Waals surface area (Å²) in [5.41, 5.74) is 8.77. The van der Waals surface area contributed by atoms with Crippen molar-refractivity contribution in [3.8, 4) is 0 Å². The van der Waals surface area contributed by atoms with Crippen molar-refractivity contribution in [3.63, 3.8) is 0 Å². The normalized spacial score (nSPS) is 24.6. The van der Waals surface area contributed by atoms with E-state index in [-0.39, 0.29) is 0 Å². The number of aryl methyl sites for hydroxylation is 2. The Labute approximate surface area is 96.7 Å². The maximum absolute atomic E-state index is 6.01. The van der Waals surface area contributed by atoms with Crippen LogP contribution in [-0.2, 0) is 12.8 Å². The molecule has 1 aliphatic carbocycles. The summed E-state index contributed by atoms with van der Waals surface area (Å²) < 4.78 is 0. The molecule has 86 valence electrons. The Balaban J connectivity index is 1.83. The van der Waals surface area contributed by atoms with Crippen LogP contribution < -0.4 is 10.6 Å². The van der Waals surface area contributed by atoms with E-state index in [0.717, 1.165) is 31.7 Å². The van der Waals surface area contributed by atoms with Gasteiger partial charge in [0.1, 0.15) is 5.82 Å². The molecule has 0 amide bonds. The fourth-order valence-corrected chi connectivity index (χ4v) is 2.80. The molecule has 0 saturated carbocycles. The van der Waals surface area contributed by atoms with Crippen LogP contribution in [-0.4, -0.2) is 24.1 Å². The highest BCUT2D eigenvalue weighted by atomic mass is 15.2. The summed E-state index contributed by atoms with van der Waals surface area (Å²) in [5, 5.41) is 0. The molecule has 0 spiro atoms. The van der Waals surface area contributed by atoms with Crippen LogP contribution in [0.4, 0.5) is 5.82 Å². The predicted octanol–water partition coefficient (Wildman–Crippen LogP) is 1.50. The first-order chi connectivity index (χ1) is 7.83. The fraction of sp³-hybridized carbons (Fsp3) is 0.615. The van der Waals surface area contributed by atoms with Gasteiger partial charge in [0.25, 0.3) is 0 Å². The van der Waals surface area contributed by atoms with Gasteiger partial charge in [-0.05, 0) is 43.7 Å². The number of nitrogens with two attached hydrogens (primary N) is 1. The second kappa shape index (κ2) is 4.06. The molecule has 3 heteroatoms. The van der Waals surface area contributed by atoms with Crippen molar-refractivity contribution in [2.45, 2.75) is 38.1 Å². The average molecular weight is 217 g/mol. The van der Waals surface area contributed by atoms with Crippen LogP contribution in [0.1, 0.15) is 30.5 Å². The molecule has 3 nitrogen and oxygen atoms in total. The lowest BCUT2D eigenvalue weighted by Gasteiger charge is -2.31. The highest BCUT2D eigenvalue weighted by Gasteiger charge is 2.19. The Morgan fingerprint density at radius 3 is 3.06 bits per heavy atom. The number of nitrogens with zero attached hydrogens (tertiary/aromatic N) is 2. The quantitative estimate of drug-likeness (QED) is 0.775. The van der Waals surface area contributed by atoms with Gasteiger partial charge in [0.15, 0.2) is 0 Å². The minimum absolute atomic E-state index is 0.323. The third-order valence-corrected chi connectivity index (χ3v) is 3.70. The minimum atomic E-state index is 0.323. The molecule has 0 bridgehead atoms. The van der Waals surface area contributed by atoms with Crippen molar-refractivity contribution in [1.29, 1.82) is 0 Å². The molecule has 3 rings (SSSR count). The van der Waals surface area contributed by atoms with Crippen molar-refractivity contribution in [1.82, 2.24) is 4.98 Å². The topological polar surface area (TPSA) is 42.1 Å². The Kier molecular flexibility index (Phi) is 2.56. The molecule has 2 heterocycles. The molecular formula is C13H19N3. The van der Waals surface area contributed by atoms with E-state index in [0.29, 0.717) is 6.04 Å². The summed E-state index contributed by atoms with van der Waals surface area (Å²) in [7, 11) is 0. The van der Waals surface area contributed by atoms with E-state index in [1.807, 2.05) is 0 Å². The fourth-order valence-electron chi connectivity index (χ4n) is 2.80. The average Bonchev–Trinajstić information content (AvgIpc) is 2.75. The van der Waals surface area contributed by atoms with Crippen LogP contribution in [0.2, 0.25) is 0 Å². The van der Waals surface area contributed by atoms with E-state index >= 15 is 0 Å². The van der Waals surface area contributed by atoms with Crippen LogP contribution in [0.25, 0.3) is 0 Å². The molecular weight excluding hydrogens is 198 g/mol. The summed E-state index contributed by atoms with van der Waals surface area (Å²) in [5.74, 6) is 1.14. The first-order valence-corrected chi connectivity index (χ1v) is 6.32. The largest absolute Gasteiger partial charge is 0.355 e. The molecule has 1 aromatic rings. The zero-order valence-electron chi connectivity index (χ0n) is 9.65. The Morgan fingerprint density at radius 2 is 2.19 bits per heavy atom. The number of aromatic nitrogens is 1. The van der Waals surface area contributed by atoms with Crippen molar-refractivity contribution in [2.75, 3.05) is 18.0 Å². The number of hydrogen-bond acceptors (Lipinski definition) is 3. The second-order valence-corrected chi connectivity index (χ2v) is 4.98. The van der Waals surface area contributed by atoms with E-state index in [1.165, 1.54) is 30.5 Å². The zero-order valence-corrected chi connectivity index (χ0v) is 9.65. The molecule has 2 aliphatic rings. The highest BCUT2D eigenvalue weighted by Crippen LogP contribution is 2.24. The van der Waals surface area contributed by atoms with Crippen molar-refractivity contribution >= 4 is 5.82 Å². The third kappa shape index (κ3) is 1.80. The zero-order chi connectivity index (χ0) is 11.0. The maximum atomic E-state index is 6.01. The van der Waals surface area contributed by atoms with Crippen LogP contribution in [0.5, 0.6) is 0 Å².